The van der Waals surface area contributed by atoms with E-state index in [0.717, 1.165) is 0 Å². The van der Waals surface area contributed by atoms with Crippen LogP contribution in [0.4, 0.5) is 0 Å². The minimum Gasteiger partial charge on any atom is -0.308 e. The molecule has 7 aromatic rings. The summed E-state index contributed by atoms with van der Waals surface area (Å²) in [5, 5.41) is 10.6. The zero-order valence-corrected chi connectivity index (χ0v) is 20.5. The summed E-state index contributed by atoms with van der Waals surface area (Å²) in [7, 11) is 0. The molecular formula is C33H29N. The molecule has 0 radical (unpaired) electrons. The van der Waals surface area contributed by atoms with Gasteiger partial charge in [0.1, 0.15) is 0 Å². The molecule has 0 aliphatic heterocycles. The van der Waals surface area contributed by atoms with Crippen LogP contribution in [-0.2, 0) is 5.41 Å². The molecule has 0 amide bonds. The fourth-order valence-electron chi connectivity index (χ4n) is 5.81. The van der Waals surface area contributed by atoms with Gasteiger partial charge in [0.15, 0.2) is 0 Å². The lowest BCUT2D eigenvalue weighted by molar-refractivity contribution is 0.591. The molecule has 0 saturated carbocycles. The maximum absolute atomic E-state index is 2.50. The number of benzene rings is 5. The van der Waals surface area contributed by atoms with Gasteiger partial charge in [-0.25, -0.2) is 0 Å². The second-order valence-corrected chi connectivity index (χ2v) is 11.3. The van der Waals surface area contributed by atoms with Gasteiger partial charge in [0.05, 0.1) is 16.6 Å². The van der Waals surface area contributed by atoms with Crippen molar-refractivity contribution in [3.8, 4) is 0 Å². The minimum atomic E-state index is 0.144. The fraction of sp³-hybridized carbons (Fsp3) is 0.212. The first kappa shape index (κ1) is 19.9. The van der Waals surface area contributed by atoms with Crippen molar-refractivity contribution in [3.05, 3.63) is 90.0 Å². The fourth-order valence-corrected chi connectivity index (χ4v) is 5.81. The minimum absolute atomic E-state index is 0.144. The molecule has 0 aliphatic rings. The van der Waals surface area contributed by atoms with Gasteiger partial charge in [-0.15, -0.1) is 0 Å². The van der Waals surface area contributed by atoms with E-state index in [0.29, 0.717) is 5.92 Å². The van der Waals surface area contributed by atoms with E-state index in [-0.39, 0.29) is 5.41 Å². The van der Waals surface area contributed by atoms with Gasteiger partial charge in [-0.1, -0.05) is 89.2 Å². The summed E-state index contributed by atoms with van der Waals surface area (Å²) in [6, 6.07) is 30.3. The van der Waals surface area contributed by atoms with Gasteiger partial charge in [-0.3, -0.25) is 0 Å². The van der Waals surface area contributed by atoms with Crippen LogP contribution >= 0.6 is 0 Å². The van der Waals surface area contributed by atoms with E-state index >= 15 is 0 Å². The summed E-state index contributed by atoms with van der Waals surface area (Å²) in [6.45, 7) is 11.4. The highest BCUT2D eigenvalue weighted by atomic mass is 14.9. The Morgan fingerprint density at radius 1 is 0.588 bits per heavy atom. The molecule has 2 aromatic heterocycles. The summed E-state index contributed by atoms with van der Waals surface area (Å²) in [4.78, 5) is 0. The van der Waals surface area contributed by atoms with Crippen molar-refractivity contribution in [2.45, 2.75) is 46.0 Å². The van der Waals surface area contributed by atoms with Crippen LogP contribution in [0.3, 0.4) is 0 Å². The average Bonchev–Trinajstić information content (AvgIpc) is 3.31. The van der Waals surface area contributed by atoms with Crippen molar-refractivity contribution < 1.29 is 0 Å². The molecule has 0 fully saturated rings. The molecule has 0 saturated heterocycles. The van der Waals surface area contributed by atoms with E-state index in [9.17, 15) is 0 Å². The van der Waals surface area contributed by atoms with Crippen molar-refractivity contribution in [1.82, 2.24) is 4.40 Å². The van der Waals surface area contributed by atoms with Gasteiger partial charge in [0.2, 0.25) is 0 Å². The monoisotopic (exact) mass is 439 g/mol. The van der Waals surface area contributed by atoms with E-state index in [1.807, 2.05) is 0 Å². The third-order valence-corrected chi connectivity index (χ3v) is 7.79. The normalized spacial score (nSPS) is 13.1. The summed E-state index contributed by atoms with van der Waals surface area (Å²) in [6.07, 6.45) is 0. The third kappa shape index (κ3) is 2.61. The number of rotatable bonds is 1. The molecule has 0 aliphatic carbocycles. The van der Waals surface area contributed by atoms with Crippen molar-refractivity contribution >= 4 is 59.6 Å². The van der Waals surface area contributed by atoms with Crippen LogP contribution in [0.2, 0.25) is 0 Å². The topological polar surface area (TPSA) is 4.41 Å². The standard InChI is InChI=1S/C33H29N/c1-19(2)20-9-10-21-17-30-28(15-23(21)13-20)26-7-6-8-27-29-16-24-14-25(33(3,4)5)12-11-22(24)18-31(29)34(30)32(26)27/h6-19H,1-5H3. The number of hydrogen-bond acceptors (Lipinski definition) is 0. The van der Waals surface area contributed by atoms with Crippen LogP contribution in [0, 0.1) is 0 Å². The lowest BCUT2D eigenvalue weighted by Crippen LogP contribution is -2.10. The Morgan fingerprint density at radius 3 is 1.76 bits per heavy atom. The van der Waals surface area contributed by atoms with Gasteiger partial charge in [-0.05, 0) is 68.3 Å². The van der Waals surface area contributed by atoms with Gasteiger partial charge >= 0.3 is 0 Å². The van der Waals surface area contributed by atoms with Crippen LogP contribution in [-0.4, -0.2) is 4.40 Å². The quantitative estimate of drug-likeness (QED) is 0.240. The molecule has 0 N–H and O–H groups in total. The maximum Gasteiger partial charge on any atom is 0.0620 e. The van der Waals surface area contributed by atoms with Crippen molar-refractivity contribution in [1.29, 1.82) is 0 Å². The zero-order chi connectivity index (χ0) is 23.4. The third-order valence-electron chi connectivity index (χ3n) is 7.79. The molecular weight excluding hydrogens is 410 g/mol. The Bertz CT molecular complexity index is 1910. The van der Waals surface area contributed by atoms with Gasteiger partial charge in [-0.2, -0.15) is 0 Å². The summed E-state index contributed by atoms with van der Waals surface area (Å²) >= 11 is 0. The van der Waals surface area contributed by atoms with Gasteiger partial charge in [0.25, 0.3) is 0 Å². The maximum atomic E-state index is 2.50. The van der Waals surface area contributed by atoms with Gasteiger partial charge in [0, 0.05) is 21.5 Å². The molecule has 34 heavy (non-hydrogen) atoms. The lowest BCUT2D eigenvalue weighted by Gasteiger charge is -2.19. The van der Waals surface area contributed by atoms with Crippen LogP contribution in [0.1, 0.15) is 51.7 Å². The molecule has 2 heterocycles. The predicted molar refractivity (Wildman–Crippen MR) is 149 cm³/mol. The molecule has 166 valence electrons. The van der Waals surface area contributed by atoms with E-state index < -0.39 is 0 Å². The number of nitrogens with zero attached hydrogens (tertiary/aromatic N) is 1. The first-order valence-corrected chi connectivity index (χ1v) is 12.4. The SMILES string of the molecule is CC(C)c1ccc2cc3c(cc2c1)c1cccc2c4cc5cc(C(C)(C)C)ccc5cc4n3c12. The smallest absolute Gasteiger partial charge is 0.0620 e. The van der Waals surface area contributed by atoms with E-state index in [1.54, 1.807) is 0 Å². The van der Waals surface area contributed by atoms with E-state index in [1.165, 1.54) is 70.8 Å². The summed E-state index contributed by atoms with van der Waals surface area (Å²) in [5.74, 6) is 0.533. The molecule has 0 bridgehead atoms. The Balaban J connectivity index is 1.62. The summed E-state index contributed by atoms with van der Waals surface area (Å²) < 4.78 is 2.50. The van der Waals surface area contributed by atoms with Crippen molar-refractivity contribution in [3.63, 3.8) is 0 Å². The second-order valence-electron chi connectivity index (χ2n) is 11.3. The Kier molecular flexibility index (Phi) is 3.80. The molecule has 7 rings (SSSR count). The first-order chi connectivity index (χ1) is 16.3. The number of para-hydroxylation sites is 1. The molecule has 5 aromatic carbocycles. The highest BCUT2D eigenvalue weighted by Gasteiger charge is 2.19. The van der Waals surface area contributed by atoms with E-state index in [2.05, 4.69) is 118 Å². The van der Waals surface area contributed by atoms with Crippen LogP contribution in [0.15, 0.2) is 78.9 Å². The molecule has 1 nitrogen and oxygen atoms in total. The number of hydrogen-bond donors (Lipinski definition) is 0. The van der Waals surface area contributed by atoms with Crippen LogP contribution in [0.25, 0.3) is 59.6 Å². The van der Waals surface area contributed by atoms with Gasteiger partial charge < -0.3 is 4.40 Å². The second kappa shape index (κ2) is 6.51. The van der Waals surface area contributed by atoms with Crippen LogP contribution < -0.4 is 0 Å². The molecule has 0 unspecified atom stereocenters. The van der Waals surface area contributed by atoms with E-state index in [4.69, 9.17) is 0 Å². The largest absolute Gasteiger partial charge is 0.308 e. The Labute approximate surface area is 199 Å². The zero-order valence-electron chi connectivity index (χ0n) is 20.5. The van der Waals surface area contributed by atoms with Crippen molar-refractivity contribution in [2.24, 2.45) is 0 Å². The summed E-state index contributed by atoms with van der Waals surface area (Å²) in [5.41, 5.74) is 6.87. The Morgan fingerprint density at radius 2 is 1.18 bits per heavy atom. The van der Waals surface area contributed by atoms with Crippen molar-refractivity contribution in [2.75, 3.05) is 0 Å². The number of fused-ring (bicyclic) bond motifs is 8. The predicted octanol–water partition coefficient (Wildman–Crippen LogP) is 9.56. The molecule has 0 spiro atoms. The Hall–Kier alpha value is -3.58. The first-order valence-electron chi connectivity index (χ1n) is 12.4. The number of aromatic nitrogens is 1. The van der Waals surface area contributed by atoms with Crippen LogP contribution in [0.5, 0.6) is 0 Å². The molecule has 0 atom stereocenters. The average molecular weight is 440 g/mol. The molecule has 1 heteroatoms. The highest BCUT2D eigenvalue weighted by Crippen LogP contribution is 2.42. The lowest BCUT2D eigenvalue weighted by atomic mass is 9.86. The highest BCUT2D eigenvalue weighted by molar-refractivity contribution is 6.25.